The molecular formula is C9H9Br2NO2. The Morgan fingerprint density at radius 3 is 2.36 bits per heavy atom. The summed E-state index contributed by atoms with van der Waals surface area (Å²) in [5.74, 6) is -0.304. The first-order chi connectivity index (χ1) is 6.61. The van der Waals surface area contributed by atoms with E-state index < -0.39 is 6.23 Å². The summed E-state index contributed by atoms with van der Waals surface area (Å²) in [6.07, 6.45) is -0.956. The van der Waals surface area contributed by atoms with Gasteiger partial charge in [0.25, 0.3) is 5.91 Å². The highest BCUT2D eigenvalue weighted by atomic mass is 79.9. The zero-order valence-corrected chi connectivity index (χ0v) is 10.3. The van der Waals surface area contributed by atoms with E-state index in [1.165, 1.54) is 0 Å². The van der Waals surface area contributed by atoms with Crippen LogP contribution in [0.5, 0.6) is 0 Å². The highest BCUT2D eigenvalue weighted by Gasteiger charge is 2.15. The van der Waals surface area contributed by atoms with Crippen molar-refractivity contribution in [2.45, 2.75) is 9.96 Å². The van der Waals surface area contributed by atoms with Gasteiger partial charge in [0.15, 0.2) is 0 Å². The molecule has 1 atom stereocenters. The lowest BCUT2D eigenvalue weighted by Crippen LogP contribution is -2.38. The minimum Gasteiger partial charge on any atom is -0.372 e. The van der Waals surface area contributed by atoms with Gasteiger partial charge >= 0.3 is 0 Å². The largest absolute Gasteiger partial charge is 0.372 e. The molecule has 0 fully saturated rings. The van der Waals surface area contributed by atoms with Gasteiger partial charge in [-0.3, -0.25) is 4.79 Å². The van der Waals surface area contributed by atoms with E-state index in [0.717, 1.165) is 0 Å². The van der Waals surface area contributed by atoms with Crippen molar-refractivity contribution in [2.75, 3.05) is 0 Å². The van der Waals surface area contributed by atoms with Crippen molar-refractivity contribution in [2.24, 2.45) is 0 Å². The van der Waals surface area contributed by atoms with Crippen molar-refractivity contribution in [1.29, 1.82) is 0 Å². The molecule has 0 saturated carbocycles. The Morgan fingerprint density at radius 1 is 1.29 bits per heavy atom. The number of aliphatic hydroxyl groups is 1. The lowest BCUT2D eigenvalue weighted by molar-refractivity contribution is 0.0818. The first kappa shape index (κ1) is 11.7. The Bertz CT molecular complexity index is 303. The summed E-state index contributed by atoms with van der Waals surface area (Å²) in [5.41, 5.74) is 0.521. The van der Waals surface area contributed by atoms with E-state index in [1.807, 2.05) is 6.07 Å². The van der Waals surface area contributed by atoms with Crippen LogP contribution in [0.25, 0.3) is 0 Å². The number of rotatable bonds is 3. The van der Waals surface area contributed by atoms with E-state index in [4.69, 9.17) is 0 Å². The molecule has 1 rings (SSSR count). The van der Waals surface area contributed by atoms with Crippen LogP contribution in [0.2, 0.25) is 0 Å². The molecule has 0 bridgehead atoms. The van der Waals surface area contributed by atoms with Gasteiger partial charge in [-0.15, -0.1) is 0 Å². The molecule has 76 valence electrons. The Morgan fingerprint density at radius 2 is 1.86 bits per heavy atom. The van der Waals surface area contributed by atoms with Gasteiger partial charge in [-0.25, -0.2) is 0 Å². The van der Waals surface area contributed by atoms with Gasteiger partial charge in [0, 0.05) is 5.56 Å². The maximum Gasteiger partial charge on any atom is 0.253 e. The van der Waals surface area contributed by atoms with Gasteiger partial charge in [0.2, 0.25) is 0 Å². The quantitative estimate of drug-likeness (QED) is 0.659. The van der Waals surface area contributed by atoms with Crippen molar-refractivity contribution < 1.29 is 9.90 Å². The lowest BCUT2D eigenvalue weighted by Gasteiger charge is -2.13. The zero-order chi connectivity index (χ0) is 10.6. The number of carbonyl (C=O) groups is 1. The summed E-state index contributed by atoms with van der Waals surface area (Å²) >= 11 is 6.19. The first-order valence-electron chi connectivity index (χ1n) is 3.93. The van der Waals surface area contributed by atoms with Gasteiger partial charge in [-0.1, -0.05) is 50.1 Å². The summed E-state index contributed by atoms with van der Waals surface area (Å²) < 4.78 is -0.359. The minimum absolute atomic E-state index is 0.304. The summed E-state index contributed by atoms with van der Waals surface area (Å²) in [6, 6.07) is 8.71. The van der Waals surface area contributed by atoms with Crippen LogP contribution in [-0.4, -0.2) is 21.0 Å². The molecule has 0 aliphatic rings. The molecule has 1 aromatic rings. The van der Waals surface area contributed by atoms with Gasteiger partial charge in [0.05, 0.1) is 0 Å². The molecule has 0 aromatic heterocycles. The average molecular weight is 323 g/mol. The van der Waals surface area contributed by atoms with Gasteiger partial charge in [-0.2, -0.15) is 0 Å². The minimum atomic E-state index is -0.956. The van der Waals surface area contributed by atoms with Crippen molar-refractivity contribution in [1.82, 2.24) is 5.32 Å². The summed E-state index contributed by atoms with van der Waals surface area (Å²) in [5, 5.41) is 11.8. The predicted octanol–water partition coefficient (Wildman–Crippen LogP) is 1.85. The van der Waals surface area contributed by atoms with Crippen LogP contribution < -0.4 is 5.32 Å². The molecule has 1 amide bonds. The fourth-order valence-corrected chi connectivity index (χ4v) is 1.13. The molecule has 3 nitrogen and oxygen atoms in total. The smallest absolute Gasteiger partial charge is 0.253 e. The Hall–Kier alpha value is -0.390. The number of nitrogens with one attached hydrogen (secondary N) is 1. The molecule has 0 aliphatic carbocycles. The number of benzene rings is 1. The summed E-state index contributed by atoms with van der Waals surface area (Å²) in [6.45, 7) is 0. The summed E-state index contributed by atoms with van der Waals surface area (Å²) in [7, 11) is 0. The van der Waals surface area contributed by atoms with E-state index in [9.17, 15) is 9.90 Å². The predicted molar refractivity (Wildman–Crippen MR) is 61.6 cm³/mol. The molecule has 5 heteroatoms. The molecule has 0 radical (unpaired) electrons. The second-order valence-electron chi connectivity index (χ2n) is 2.62. The van der Waals surface area contributed by atoms with Crippen LogP contribution in [0.3, 0.4) is 0 Å². The number of alkyl halides is 2. The van der Waals surface area contributed by atoms with Crippen LogP contribution in [-0.2, 0) is 0 Å². The number of halogens is 2. The van der Waals surface area contributed by atoms with Crippen LogP contribution in [0, 0.1) is 0 Å². The number of aliphatic hydroxyl groups excluding tert-OH is 1. The summed E-state index contributed by atoms with van der Waals surface area (Å²) in [4.78, 5) is 11.4. The Labute approximate surface area is 98.8 Å². The first-order valence-corrected chi connectivity index (χ1v) is 5.76. The standard InChI is InChI=1S/C9H9Br2NO2/c10-7(11)9(14)12-8(13)6-4-2-1-3-5-6/h1-5,7,9,14H,(H,12,13)/t9-/m1/s1. The van der Waals surface area contributed by atoms with Crippen LogP contribution >= 0.6 is 31.9 Å². The van der Waals surface area contributed by atoms with Gasteiger partial charge < -0.3 is 10.4 Å². The molecule has 0 aliphatic heterocycles. The molecule has 0 unspecified atom stereocenters. The second-order valence-corrected chi connectivity index (χ2v) is 5.82. The fourth-order valence-electron chi connectivity index (χ4n) is 0.870. The van der Waals surface area contributed by atoms with Crippen LogP contribution in [0.1, 0.15) is 10.4 Å². The monoisotopic (exact) mass is 321 g/mol. The maximum atomic E-state index is 11.4. The van der Waals surface area contributed by atoms with Gasteiger partial charge in [-0.05, 0) is 12.1 Å². The lowest BCUT2D eigenvalue weighted by atomic mass is 10.2. The molecule has 0 spiro atoms. The van der Waals surface area contributed by atoms with Crippen molar-refractivity contribution in [3.8, 4) is 0 Å². The third-order valence-electron chi connectivity index (χ3n) is 1.55. The number of carbonyl (C=O) groups excluding carboxylic acids is 1. The highest BCUT2D eigenvalue weighted by Crippen LogP contribution is 2.11. The molecular weight excluding hydrogens is 314 g/mol. The Balaban J connectivity index is 2.60. The van der Waals surface area contributed by atoms with Crippen molar-refractivity contribution in [3.05, 3.63) is 35.9 Å². The highest BCUT2D eigenvalue weighted by molar-refractivity contribution is 9.24. The number of hydrogen-bond donors (Lipinski definition) is 2. The van der Waals surface area contributed by atoms with Crippen molar-refractivity contribution >= 4 is 37.8 Å². The van der Waals surface area contributed by atoms with Crippen LogP contribution in [0.4, 0.5) is 0 Å². The maximum absolute atomic E-state index is 11.4. The second kappa shape index (κ2) is 5.48. The van der Waals surface area contributed by atoms with E-state index in [2.05, 4.69) is 37.2 Å². The van der Waals surface area contributed by atoms with Crippen LogP contribution in [0.15, 0.2) is 30.3 Å². The van der Waals surface area contributed by atoms with E-state index in [1.54, 1.807) is 24.3 Å². The van der Waals surface area contributed by atoms with E-state index >= 15 is 0 Å². The normalized spacial score (nSPS) is 12.6. The molecule has 0 saturated heterocycles. The average Bonchev–Trinajstić information content (AvgIpc) is 2.19. The topological polar surface area (TPSA) is 49.3 Å². The third kappa shape index (κ3) is 3.40. The molecule has 14 heavy (non-hydrogen) atoms. The van der Waals surface area contributed by atoms with Crippen molar-refractivity contribution in [3.63, 3.8) is 0 Å². The number of hydrogen-bond acceptors (Lipinski definition) is 2. The molecule has 1 aromatic carbocycles. The van der Waals surface area contributed by atoms with E-state index in [0.29, 0.717) is 5.56 Å². The zero-order valence-electron chi connectivity index (χ0n) is 7.15. The SMILES string of the molecule is O=C(N[C@H](O)C(Br)Br)c1ccccc1. The Kier molecular flexibility index (Phi) is 4.57. The fraction of sp³-hybridized carbons (Fsp3) is 0.222. The molecule has 2 N–H and O–H groups in total. The van der Waals surface area contributed by atoms with Gasteiger partial charge in [0.1, 0.15) is 9.96 Å². The van der Waals surface area contributed by atoms with E-state index in [-0.39, 0.29) is 9.64 Å². The molecule has 0 heterocycles. The number of amides is 1. The third-order valence-corrected chi connectivity index (χ3v) is 2.56.